The standard InChI is InChI=1S/C24H28FN5O2/c25-20-7-5-18(6-8-20)21(31)29-12-1-9-24(22(32)28-13-17-3-4-17)16-30(15-19(24)14-29)23-26-10-2-11-27-23/h2,5-8,10-11,17,19H,1,3-4,9,12-16H2,(H,28,32)/t19-,24-/m0/s1. The van der Waals surface area contributed by atoms with Crippen LogP contribution >= 0.6 is 0 Å². The zero-order valence-electron chi connectivity index (χ0n) is 18.0. The molecule has 32 heavy (non-hydrogen) atoms. The molecule has 1 aromatic heterocycles. The predicted octanol–water partition coefficient (Wildman–Crippen LogP) is 2.50. The number of carbonyl (C=O) groups is 2. The van der Waals surface area contributed by atoms with Crippen LogP contribution in [0.3, 0.4) is 0 Å². The second-order valence-electron chi connectivity index (χ2n) is 9.30. The lowest BCUT2D eigenvalue weighted by atomic mass is 9.74. The summed E-state index contributed by atoms with van der Waals surface area (Å²) in [5.41, 5.74) is -0.107. The summed E-state index contributed by atoms with van der Waals surface area (Å²) in [5, 5.41) is 3.21. The van der Waals surface area contributed by atoms with Gasteiger partial charge in [-0.1, -0.05) is 0 Å². The Hall–Kier alpha value is -3.03. The fourth-order valence-corrected chi connectivity index (χ4v) is 5.11. The van der Waals surface area contributed by atoms with Crippen molar-refractivity contribution < 1.29 is 14.0 Å². The summed E-state index contributed by atoms with van der Waals surface area (Å²) in [7, 11) is 0. The van der Waals surface area contributed by atoms with Crippen LogP contribution in [0.4, 0.5) is 10.3 Å². The van der Waals surface area contributed by atoms with Crippen LogP contribution in [0.1, 0.15) is 36.0 Å². The minimum absolute atomic E-state index is 0.0302. The Kier molecular flexibility index (Phi) is 5.53. The topological polar surface area (TPSA) is 78.4 Å². The number of fused-ring (bicyclic) bond motifs is 1. The molecule has 2 atom stereocenters. The van der Waals surface area contributed by atoms with E-state index in [2.05, 4.69) is 20.2 Å². The van der Waals surface area contributed by atoms with Gasteiger partial charge >= 0.3 is 0 Å². The van der Waals surface area contributed by atoms with Crippen molar-refractivity contribution in [3.8, 4) is 0 Å². The van der Waals surface area contributed by atoms with Crippen molar-refractivity contribution in [2.24, 2.45) is 17.3 Å². The van der Waals surface area contributed by atoms with Crippen LogP contribution < -0.4 is 10.2 Å². The number of amides is 2. The van der Waals surface area contributed by atoms with Crippen molar-refractivity contribution in [1.82, 2.24) is 20.2 Å². The summed E-state index contributed by atoms with van der Waals surface area (Å²) >= 11 is 0. The molecule has 8 heteroatoms. The number of hydrogen-bond acceptors (Lipinski definition) is 5. The normalized spacial score (nSPS) is 25.2. The summed E-state index contributed by atoms with van der Waals surface area (Å²) in [6.45, 7) is 2.97. The van der Waals surface area contributed by atoms with Crippen LogP contribution in [0.15, 0.2) is 42.7 Å². The van der Waals surface area contributed by atoms with Gasteiger partial charge in [-0.2, -0.15) is 0 Å². The van der Waals surface area contributed by atoms with E-state index >= 15 is 0 Å². The molecule has 1 saturated carbocycles. The van der Waals surface area contributed by atoms with Crippen LogP contribution in [0.2, 0.25) is 0 Å². The van der Waals surface area contributed by atoms with Crippen molar-refractivity contribution in [3.05, 3.63) is 54.1 Å². The highest BCUT2D eigenvalue weighted by molar-refractivity contribution is 5.94. The van der Waals surface area contributed by atoms with Crippen LogP contribution in [-0.2, 0) is 4.79 Å². The van der Waals surface area contributed by atoms with Crippen molar-refractivity contribution in [1.29, 1.82) is 0 Å². The van der Waals surface area contributed by atoms with Gasteiger partial charge in [-0.3, -0.25) is 9.59 Å². The number of carbonyl (C=O) groups excluding carboxylic acids is 2. The van der Waals surface area contributed by atoms with Crippen molar-refractivity contribution in [2.45, 2.75) is 25.7 Å². The van der Waals surface area contributed by atoms with Gasteiger partial charge in [-0.25, -0.2) is 14.4 Å². The Balaban J connectivity index is 1.40. The number of benzene rings is 1. The van der Waals surface area contributed by atoms with Gasteiger partial charge in [-0.15, -0.1) is 0 Å². The lowest BCUT2D eigenvalue weighted by Crippen LogP contribution is -2.48. The van der Waals surface area contributed by atoms with E-state index in [0.717, 1.165) is 13.0 Å². The quantitative estimate of drug-likeness (QED) is 0.778. The van der Waals surface area contributed by atoms with Crippen LogP contribution in [-0.4, -0.2) is 59.4 Å². The van der Waals surface area contributed by atoms with E-state index in [1.54, 1.807) is 18.5 Å². The van der Waals surface area contributed by atoms with Crippen LogP contribution in [0, 0.1) is 23.1 Å². The molecule has 5 rings (SSSR count). The molecule has 3 fully saturated rings. The first-order chi connectivity index (χ1) is 15.5. The molecule has 2 aliphatic heterocycles. The molecule has 1 N–H and O–H groups in total. The molecule has 0 spiro atoms. The van der Waals surface area contributed by atoms with E-state index < -0.39 is 5.41 Å². The lowest BCUT2D eigenvalue weighted by molar-refractivity contribution is -0.132. The highest BCUT2D eigenvalue weighted by Crippen LogP contribution is 2.44. The van der Waals surface area contributed by atoms with Crippen molar-refractivity contribution >= 4 is 17.8 Å². The smallest absolute Gasteiger partial charge is 0.253 e. The van der Waals surface area contributed by atoms with Gasteiger partial charge in [0.1, 0.15) is 5.82 Å². The van der Waals surface area contributed by atoms with E-state index in [0.29, 0.717) is 50.0 Å². The summed E-state index contributed by atoms with van der Waals surface area (Å²) in [5.74, 6) is 0.797. The maximum Gasteiger partial charge on any atom is 0.253 e. The first-order valence-corrected chi connectivity index (χ1v) is 11.4. The molecule has 1 aliphatic carbocycles. The number of halogens is 1. The largest absolute Gasteiger partial charge is 0.355 e. The van der Waals surface area contributed by atoms with Gasteiger partial charge in [-0.05, 0) is 61.9 Å². The van der Waals surface area contributed by atoms with Gasteiger partial charge in [0, 0.05) is 56.6 Å². The number of likely N-dealkylation sites (tertiary alicyclic amines) is 1. The fourth-order valence-electron chi connectivity index (χ4n) is 5.11. The van der Waals surface area contributed by atoms with Gasteiger partial charge in [0.25, 0.3) is 5.91 Å². The number of nitrogens with one attached hydrogen (secondary N) is 1. The molecule has 3 heterocycles. The first-order valence-electron chi connectivity index (χ1n) is 11.4. The summed E-state index contributed by atoms with van der Waals surface area (Å²) in [6, 6.07) is 7.45. The minimum atomic E-state index is -0.577. The second-order valence-corrected chi connectivity index (χ2v) is 9.30. The molecular formula is C24H28FN5O2. The van der Waals surface area contributed by atoms with Crippen molar-refractivity contribution in [2.75, 3.05) is 37.6 Å². The average Bonchev–Trinajstić information content (AvgIpc) is 3.61. The molecule has 2 aromatic rings. The molecule has 0 radical (unpaired) electrons. The molecular weight excluding hydrogens is 409 g/mol. The first kappa shape index (κ1) is 20.8. The maximum absolute atomic E-state index is 13.5. The predicted molar refractivity (Wildman–Crippen MR) is 117 cm³/mol. The lowest BCUT2D eigenvalue weighted by Gasteiger charge is -2.32. The van der Waals surface area contributed by atoms with E-state index in [1.165, 1.54) is 37.1 Å². The summed E-state index contributed by atoms with van der Waals surface area (Å²) in [6.07, 6.45) is 7.23. The Labute approximate surface area is 187 Å². The zero-order chi connectivity index (χ0) is 22.1. The van der Waals surface area contributed by atoms with Gasteiger partial charge in [0.05, 0.1) is 5.41 Å². The SMILES string of the molecule is O=C(c1ccc(F)cc1)N1CCC[C@]2(C(=O)NCC3CC3)CN(c3ncccn3)C[C@@H]2C1. The molecule has 2 saturated heterocycles. The zero-order valence-corrected chi connectivity index (χ0v) is 18.0. The van der Waals surface area contributed by atoms with E-state index in [1.807, 2.05) is 4.90 Å². The monoisotopic (exact) mass is 437 g/mol. The van der Waals surface area contributed by atoms with Crippen LogP contribution in [0.25, 0.3) is 0 Å². The van der Waals surface area contributed by atoms with E-state index in [4.69, 9.17) is 0 Å². The van der Waals surface area contributed by atoms with Gasteiger partial charge in [0.15, 0.2) is 0 Å². The summed E-state index contributed by atoms with van der Waals surface area (Å²) in [4.78, 5) is 39.4. The third-order valence-corrected chi connectivity index (χ3v) is 7.10. The molecule has 7 nitrogen and oxygen atoms in total. The molecule has 2 amide bonds. The number of nitrogens with zero attached hydrogens (tertiary/aromatic N) is 4. The van der Waals surface area contributed by atoms with Gasteiger partial charge < -0.3 is 15.1 Å². The molecule has 168 valence electrons. The van der Waals surface area contributed by atoms with Crippen molar-refractivity contribution in [3.63, 3.8) is 0 Å². The number of rotatable bonds is 5. The molecule has 1 aromatic carbocycles. The molecule has 0 unspecified atom stereocenters. The summed E-state index contributed by atoms with van der Waals surface area (Å²) < 4.78 is 13.3. The third kappa shape index (κ3) is 4.06. The highest BCUT2D eigenvalue weighted by atomic mass is 19.1. The Morgan fingerprint density at radius 3 is 2.59 bits per heavy atom. The number of aromatic nitrogens is 2. The van der Waals surface area contributed by atoms with E-state index in [9.17, 15) is 14.0 Å². The Morgan fingerprint density at radius 2 is 1.88 bits per heavy atom. The molecule has 3 aliphatic rings. The number of hydrogen-bond donors (Lipinski definition) is 1. The highest BCUT2D eigenvalue weighted by Gasteiger charge is 2.54. The van der Waals surface area contributed by atoms with Crippen LogP contribution in [0.5, 0.6) is 0 Å². The Morgan fingerprint density at radius 1 is 1.12 bits per heavy atom. The average molecular weight is 438 g/mol. The fraction of sp³-hybridized carbons (Fsp3) is 0.500. The number of anilines is 1. The third-order valence-electron chi connectivity index (χ3n) is 7.10. The second kappa shape index (κ2) is 8.48. The van der Waals surface area contributed by atoms with E-state index in [-0.39, 0.29) is 23.5 Å². The Bertz CT molecular complexity index is 982. The van der Waals surface area contributed by atoms with Gasteiger partial charge in [0.2, 0.25) is 11.9 Å². The maximum atomic E-state index is 13.5. The molecule has 0 bridgehead atoms. The minimum Gasteiger partial charge on any atom is -0.355 e.